The Morgan fingerprint density at radius 3 is 2.57 bits per heavy atom. The van der Waals surface area contributed by atoms with Gasteiger partial charge >= 0.3 is 0 Å². The zero-order chi connectivity index (χ0) is 10.6. The third kappa shape index (κ3) is 4.28. The van der Waals surface area contributed by atoms with Crippen molar-refractivity contribution in [2.75, 3.05) is 0 Å². The van der Waals surface area contributed by atoms with E-state index in [2.05, 4.69) is 61.0 Å². The van der Waals surface area contributed by atoms with Gasteiger partial charge in [0.1, 0.15) is 0 Å². The molecule has 0 saturated heterocycles. The molecule has 0 aliphatic rings. The fraction of sp³-hybridized carbons (Fsp3) is 0.538. The highest BCUT2D eigenvalue weighted by molar-refractivity contribution is 9.09. The number of rotatable bonds is 4. The zero-order valence-corrected chi connectivity index (χ0v) is 10.8. The van der Waals surface area contributed by atoms with Crippen LogP contribution in [0.15, 0.2) is 24.3 Å². The van der Waals surface area contributed by atoms with Crippen molar-refractivity contribution < 1.29 is 0 Å². The Balaban J connectivity index is 2.51. The van der Waals surface area contributed by atoms with Gasteiger partial charge in [0, 0.05) is 4.83 Å². The molecule has 0 radical (unpaired) electrons. The maximum atomic E-state index is 3.74. The predicted molar refractivity (Wildman–Crippen MR) is 67.1 cm³/mol. The van der Waals surface area contributed by atoms with Crippen LogP contribution in [-0.4, -0.2) is 4.83 Å². The lowest BCUT2D eigenvalue weighted by atomic mass is 10.0. The molecule has 0 aromatic heterocycles. The Hall–Kier alpha value is -0.300. The largest absolute Gasteiger partial charge is 0.0887 e. The molecular formula is C13H19Br. The minimum atomic E-state index is 0.615. The number of hydrogen-bond acceptors (Lipinski definition) is 0. The second-order valence-corrected chi connectivity index (χ2v) is 5.71. The predicted octanol–water partition coefficient (Wildman–Crippen LogP) is 4.35. The number of alkyl halides is 1. The molecular weight excluding hydrogens is 236 g/mol. The molecule has 1 aromatic carbocycles. The van der Waals surface area contributed by atoms with E-state index in [-0.39, 0.29) is 0 Å². The Bertz CT molecular complexity index is 278. The maximum Gasteiger partial charge on any atom is 0.0188 e. The molecule has 0 aliphatic carbocycles. The summed E-state index contributed by atoms with van der Waals surface area (Å²) in [4.78, 5) is 0.615. The van der Waals surface area contributed by atoms with Crippen LogP contribution >= 0.6 is 15.9 Å². The van der Waals surface area contributed by atoms with Crippen molar-refractivity contribution in [2.24, 2.45) is 5.92 Å². The van der Waals surface area contributed by atoms with Gasteiger partial charge < -0.3 is 0 Å². The summed E-state index contributed by atoms with van der Waals surface area (Å²) in [6.07, 6.45) is 2.38. The normalized spacial score (nSPS) is 13.2. The number of halogens is 1. The first-order valence-electron chi connectivity index (χ1n) is 5.27. The van der Waals surface area contributed by atoms with Crippen molar-refractivity contribution in [2.45, 2.75) is 38.4 Å². The summed E-state index contributed by atoms with van der Waals surface area (Å²) in [7, 11) is 0. The molecule has 1 heteroatoms. The molecule has 0 aliphatic heterocycles. The van der Waals surface area contributed by atoms with Crippen molar-refractivity contribution >= 4 is 15.9 Å². The molecule has 0 N–H and O–H groups in total. The first kappa shape index (κ1) is 11.8. The maximum absolute atomic E-state index is 3.74. The minimum absolute atomic E-state index is 0.615. The summed E-state index contributed by atoms with van der Waals surface area (Å²) in [5.41, 5.74) is 2.79. The van der Waals surface area contributed by atoms with E-state index in [4.69, 9.17) is 0 Å². The summed E-state index contributed by atoms with van der Waals surface area (Å²) in [5, 5.41) is 0. The molecule has 14 heavy (non-hydrogen) atoms. The highest BCUT2D eigenvalue weighted by atomic mass is 79.9. The SMILES string of the molecule is Cc1cccc(CC(Br)CC(C)C)c1. The lowest BCUT2D eigenvalue weighted by Gasteiger charge is -2.12. The van der Waals surface area contributed by atoms with Crippen LogP contribution < -0.4 is 0 Å². The van der Waals surface area contributed by atoms with Gasteiger partial charge in [0.2, 0.25) is 0 Å². The molecule has 0 amide bonds. The van der Waals surface area contributed by atoms with Crippen LogP contribution in [-0.2, 0) is 6.42 Å². The van der Waals surface area contributed by atoms with E-state index in [0.29, 0.717) is 4.83 Å². The molecule has 0 nitrogen and oxygen atoms in total. The van der Waals surface area contributed by atoms with E-state index in [0.717, 1.165) is 12.3 Å². The van der Waals surface area contributed by atoms with Crippen molar-refractivity contribution in [3.8, 4) is 0 Å². The van der Waals surface area contributed by atoms with Gasteiger partial charge in [0.15, 0.2) is 0 Å². The fourth-order valence-corrected chi connectivity index (χ4v) is 2.81. The van der Waals surface area contributed by atoms with Crippen LogP contribution in [0.3, 0.4) is 0 Å². The third-order valence-corrected chi connectivity index (χ3v) is 2.96. The van der Waals surface area contributed by atoms with Gasteiger partial charge in [-0.05, 0) is 31.2 Å². The van der Waals surface area contributed by atoms with Gasteiger partial charge in [-0.2, -0.15) is 0 Å². The lowest BCUT2D eigenvalue weighted by Crippen LogP contribution is -2.06. The molecule has 1 rings (SSSR count). The molecule has 0 saturated carbocycles. The monoisotopic (exact) mass is 254 g/mol. The Labute approximate surface area is 95.9 Å². The summed E-state index contributed by atoms with van der Waals surface area (Å²) in [6, 6.07) is 8.77. The first-order chi connectivity index (χ1) is 6.58. The molecule has 0 fully saturated rings. The van der Waals surface area contributed by atoms with Gasteiger partial charge in [0.25, 0.3) is 0 Å². The third-order valence-electron chi connectivity index (χ3n) is 2.27. The molecule has 0 bridgehead atoms. The molecule has 0 spiro atoms. The van der Waals surface area contributed by atoms with Gasteiger partial charge in [-0.25, -0.2) is 0 Å². The summed E-state index contributed by atoms with van der Waals surface area (Å²) in [6.45, 7) is 6.68. The van der Waals surface area contributed by atoms with Crippen LogP contribution in [0.2, 0.25) is 0 Å². The quantitative estimate of drug-likeness (QED) is 0.702. The van der Waals surface area contributed by atoms with Crippen LogP contribution in [0.25, 0.3) is 0 Å². The number of benzene rings is 1. The molecule has 0 heterocycles. The summed E-state index contributed by atoms with van der Waals surface area (Å²) < 4.78 is 0. The smallest absolute Gasteiger partial charge is 0.0188 e. The molecule has 1 aromatic rings. The van der Waals surface area contributed by atoms with E-state index in [1.807, 2.05) is 0 Å². The first-order valence-corrected chi connectivity index (χ1v) is 6.19. The minimum Gasteiger partial charge on any atom is -0.0887 e. The van der Waals surface area contributed by atoms with Crippen molar-refractivity contribution in [1.82, 2.24) is 0 Å². The number of hydrogen-bond donors (Lipinski definition) is 0. The van der Waals surface area contributed by atoms with E-state index in [9.17, 15) is 0 Å². The van der Waals surface area contributed by atoms with Crippen LogP contribution in [0, 0.1) is 12.8 Å². The van der Waals surface area contributed by atoms with E-state index in [1.165, 1.54) is 17.5 Å². The Morgan fingerprint density at radius 2 is 2.00 bits per heavy atom. The highest BCUT2D eigenvalue weighted by Crippen LogP contribution is 2.18. The summed E-state index contributed by atoms with van der Waals surface area (Å²) >= 11 is 3.74. The molecule has 1 atom stereocenters. The topological polar surface area (TPSA) is 0 Å². The van der Waals surface area contributed by atoms with Gasteiger partial charge in [0.05, 0.1) is 0 Å². The Morgan fingerprint density at radius 1 is 1.29 bits per heavy atom. The van der Waals surface area contributed by atoms with Crippen LogP contribution in [0.5, 0.6) is 0 Å². The van der Waals surface area contributed by atoms with Gasteiger partial charge in [-0.3, -0.25) is 0 Å². The van der Waals surface area contributed by atoms with Gasteiger partial charge in [-0.15, -0.1) is 0 Å². The van der Waals surface area contributed by atoms with Crippen molar-refractivity contribution in [3.63, 3.8) is 0 Å². The summed E-state index contributed by atoms with van der Waals surface area (Å²) in [5.74, 6) is 0.768. The van der Waals surface area contributed by atoms with Crippen molar-refractivity contribution in [3.05, 3.63) is 35.4 Å². The standard InChI is InChI=1S/C13H19Br/c1-10(2)7-13(14)9-12-6-4-5-11(3)8-12/h4-6,8,10,13H,7,9H2,1-3H3. The zero-order valence-electron chi connectivity index (χ0n) is 9.26. The van der Waals surface area contributed by atoms with E-state index < -0.39 is 0 Å². The average Bonchev–Trinajstić information content (AvgIpc) is 2.01. The second kappa shape index (κ2) is 5.55. The van der Waals surface area contributed by atoms with E-state index >= 15 is 0 Å². The van der Waals surface area contributed by atoms with Crippen LogP contribution in [0.1, 0.15) is 31.4 Å². The molecule has 78 valence electrons. The lowest BCUT2D eigenvalue weighted by molar-refractivity contribution is 0.571. The van der Waals surface area contributed by atoms with E-state index in [1.54, 1.807) is 0 Å². The Kier molecular flexibility index (Phi) is 4.67. The fourth-order valence-electron chi connectivity index (χ4n) is 1.69. The number of aryl methyl sites for hydroxylation is 1. The average molecular weight is 255 g/mol. The molecule has 1 unspecified atom stereocenters. The van der Waals surface area contributed by atoms with Crippen molar-refractivity contribution in [1.29, 1.82) is 0 Å². The second-order valence-electron chi connectivity index (χ2n) is 4.42. The van der Waals surface area contributed by atoms with Crippen LogP contribution in [0.4, 0.5) is 0 Å². The van der Waals surface area contributed by atoms with Gasteiger partial charge in [-0.1, -0.05) is 59.6 Å². The highest BCUT2D eigenvalue weighted by Gasteiger charge is 2.07.